The third-order valence-corrected chi connectivity index (χ3v) is 1.98. The lowest BCUT2D eigenvalue weighted by Gasteiger charge is -2.10. The standard InChI is InChI=1S/C10H14ClNO2/c1-2-3-9(13)7-14-10-6-8(11)4-5-12-10/h4-6,9,13H,2-3,7H2,1H3. The smallest absolute Gasteiger partial charge is 0.214 e. The van der Waals surface area contributed by atoms with Gasteiger partial charge in [-0.3, -0.25) is 0 Å². The molecule has 0 saturated carbocycles. The minimum atomic E-state index is -0.430. The zero-order chi connectivity index (χ0) is 10.4. The normalized spacial score (nSPS) is 12.5. The Morgan fingerprint density at radius 2 is 2.43 bits per heavy atom. The van der Waals surface area contributed by atoms with Crippen molar-refractivity contribution >= 4 is 11.6 Å². The lowest BCUT2D eigenvalue weighted by Crippen LogP contribution is -2.17. The lowest BCUT2D eigenvalue weighted by atomic mass is 10.2. The molecular formula is C10H14ClNO2. The summed E-state index contributed by atoms with van der Waals surface area (Å²) in [4.78, 5) is 3.95. The third kappa shape index (κ3) is 3.94. The number of hydrogen-bond donors (Lipinski definition) is 1. The molecule has 1 unspecified atom stereocenters. The first-order chi connectivity index (χ1) is 6.72. The largest absolute Gasteiger partial charge is 0.475 e. The number of hydrogen-bond acceptors (Lipinski definition) is 3. The Balaban J connectivity index is 2.37. The van der Waals surface area contributed by atoms with Crippen LogP contribution in [0.1, 0.15) is 19.8 Å². The minimum Gasteiger partial charge on any atom is -0.475 e. The second-order valence-corrected chi connectivity index (χ2v) is 3.50. The van der Waals surface area contributed by atoms with E-state index in [1.165, 1.54) is 0 Å². The molecule has 0 aromatic carbocycles. The van der Waals surface area contributed by atoms with Crippen LogP contribution in [-0.4, -0.2) is 22.8 Å². The van der Waals surface area contributed by atoms with Crippen molar-refractivity contribution < 1.29 is 9.84 Å². The second-order valence-electron chi connectivity index (χ2n) is 3.07. The van der Waals surface area contributed by atoms with Gasteiger partial charge in [0.2, 0.25) is 5.88 Å². The summed E-state index contributed by atoms with van der Waals surface area (Å²) in [5.41, 5.74) is 0. The van der Waals surface area contributed by atoms with Gasteiger partial charge in [0, 0.05) is 17.3 Å². The molecule has 0 bridgehead atoms. The highest BCUT2D eigenvalue weighted by Gasteiger charge is 2.04. The molecule has 0 saturated heterocycles. The molecule has 0 fully saturated rings. The van der Waals surface area contributed by atoms with Gasteiger partial charge in [-0.15, -0.1) is 0 Å². The van der Waals surface area contributed by atoms with Crippen LogP contribution < -0.4 is 4.74 Å². The minimum absolute atomic E-state index is 0.265. The monoisotopic (exact) mass is 215 g/mol. The van der Waals surface area contributed by atoms with Crippen LogP contribution in [-0.2, 0) is 0 Å². The molecule has 3 nitrogen and oxygen atoms in total. The van der Waals surface area contributed by atoms with Gasteiger partial charge in [0.15, 0.2) is 0 Å². The zero-order valence-corrected chi connectivity index (χ0v) is 8.87. The summed E-state index contributed by atoms with van der Waals surface area (Å²) in [7, 11) is 0. The van der Waals surface area contributed by atoms with Crippen LogP contribution in [0, 0.1) is 0 Å². The first-order valence-corrected chi connectivity index (χ1v) is 5.02. The van der Waals surface area contributed by atoms with Gasteiger partial charge in [0.25, 0.3) is 0 Å². The van der Waals surface area contributed by atoms with Crippen LogP contribution in [0.5, 0.6) is 5.88 Å². The molecule has 0 aliphatic heterocycles. The number of rotatable bonds is 5. The zero-order valence-electron chi connectivity index (χ0n) is 8.11. The van der Waals surface area contributed by atoms with Crippen LogP contribution >= 0.6 is 11.6 Å². The molecule has 78 valence electrons. The molecule has 1 aromatic rings. The highest BCUT2D eigenvalue weighted by atomic mass is 35.5. The summed E-state index contributed by atoms with van der Waals surface area (Å²) in [6.07, 6.45) is 2.82. The van der Waals surface area contributed by atoms with Crippen molar-refractivity contribution in [1.82, 2.24) is 4.98 Å². The van der Waals surface area contributed by atoms with E-state index in [9.17, 15) is 5.11 Å². The molecule has 1 heterocycles. The fourth-order valence-corrected chi connectivity index (χ4v) is 1.21. The Kier molecular flexibility index (Phi) is 4.70. The Morgan fingerprint density at radius 1 is 1.64 bits per heavy atom. The Bertz CT molecular complexity index is 281. The first-order valence-electron chi connectivity index (χ1n) is 4.64. The number of nitrogens with zero attached hydrogens (tertiary/aromatic N) is 1. The van der Waals surface area contributed by atoms with E-state index < -0.39 is 6.10 Å². The summed E-state index contributed by atoms with van der Waals surface area (Å²) in [5, 5.41) is 9.98. The average molecular weight is 216 g/mol. The van der Waals surface area contributed by atoms with Gasteiger partial charge in [0.1, 0.15) is 6.61 Å². The molecule has 1 aromatic heterocycles. The van der Waals surface area contributed by atoms with Crippen molar-refractivity contribution in [3.63, 3.8) is 0 Å². The van der Waals surface area contributed by atoms with E-state index in [0.29, 0.717) is 10.9 Å². The predicted octanol–water partition coefficient (Wildman–Crippen LogP) is 2.27. The van der Waals surface area contributed by atoms with Crippen molar-refractivity contribution in [3.8, 4) is 5.88 Å². The van der Waals surface area contributed by atoms with Gasteiger partial charge in [-0.25, -0.2) is 4.98 Å². The van der Waals surface area contributed by atoms with Crippen molar-refractivity contribution in [2.24, 2.45) is 0 Å². The van der Waals surface area contributed by atoms with Crippen LogP contribution in [0.4, 0.5) is 0 Å². The molecule has 0 spiro atoms. The van der Waals surface area contributed by atoms with E-state index in [0.717, 1.165) is 12.8 Å². The number of aromatic nitrogens is 1. The second kappa shape index (κ2) is 5.83. The van der Waals surface area contributed by atoms with Gasteiger partial charge in [-0.05, 0) is 12.5 Å². The van der Waals surface area contributed by atoms with Crippen molar-refractivity contribution in [3.05, 3.63) is 23.4 Å². The molecule has 0 amide bonds. The lowest BCUT2D eigenvalue weighted by molar-refractivity contribution is 0.0970. The van der Waals surface area contributed by atoms with Gasteiger partial charge in [-0.1, -0.05) is 24.9 Å². The molecule has 1 N–H and O–H groups in total. The quantitative estimate of drug-likeness (QED) is 0.820. The van der Waals surface area contributed by atoms with Crippen molar-refractivity contribution in [2.45, 2.75) is 25.9 Å². The summed E-state index contributed by atoms with van der Waals surface area (Å²) < 4.78 is 5.26. The molecular weight excluding hydrogens is 202 g/mol. The molecule has 1 atom stereocenters. The third-order valence-electron chi connectivity index (χ3n) is 1.74. The van der Waals surface area contributed by atoms with Gasteiger partial charge in [-0.2, -0.15) is 0 Å². The highest BCUT2D eigenvalue weighted by molar-refractivity contribution is 6.30. The summed E-state index contributed by atoms with van der Waals surface area (Å²) >= 11 is 5.74. The van der Waals surface area contributed by atoms with E-state index in [-0.39, 0.29) is 6.61 Å². The Hall–Kier alpha value is -0.800. The molecule has 1 rings (SSSR count). The number of pyridine rings is 1. The van der Waals surface area contributed by atoms with Crippen molar-refractivity contribution in [1.29, 1.82) is 0 Å². The maximum absolute atomic E-state index is 9.39. The van der Waals surface area contributed by atoms with E-state index in [1.807, 2.05) is 6.92 Å². The van der Waals surface area contributed by atoms with Crippen molar-refractivity contribution in [2.75, 3.05) is 6.61 Å². The molecule has 14 heavy (non-hydrogen) atoms. The number of aliphatic hydroxyl groups excluding tert-OH is 1. The van der Waals surface area contributed by atoms with Gasteiger partial charge < -0.3 is 9.84 Å². The maximum atomic E-state index is 9.39. The van der Waals surface area contributed by atoms with Crippen LogP contribution in [0.25, 0.3) is 0 Å². The molecule has 4 heteroatoms. The van der Waals surface area contributed by atoms with Crippen LogP contribution in [0.15, 0.2) is 18.3 Å². The summed E-state index contributed by atoms with van der Waals surface area (Å²) in [5.74, 6) is 0.452. The van der Waals surface area contributed by atoms with Crippen LogP contribution in [0.3, 0.4) is 0 Å². The number of aliphatic hydroxyl groups is 1. The Labute approximate surface area is 88.7 Å². The maximum Gasteiger partial charge on any atom is 0.214 e. The Morgan fingerprint density at radius 3 is 3.07 bits per heavy atom. The predicted molar refractivity (Wildman–Crippen MR) is 55.7 cm³/mol. The van der Waals surface area contributed by atoms with Crippen LogP contribution in [0.2, 0.25) is 5.02 Å². The van der Waals surface area contributed by atoms with E-state index in [4.69, 9.17) is 16.3 Å². The highest BCUT2D eigenvalue weighted by Crippen LogP contribution is 2.14. The van der Waals surface area contributed by atoms with Gasteiger partial charge >= 0.3 is 0 Å². The first kappa shape index (κ1) is 11.3. The van der Waals surface area contributed by atoms with E-state index in [1.54, 1.807) is 18.3 Å². The molecule has 0 aliphatic rings. The fourth-order valence-electron chi connectivity index (χ4n) is 1.06. The fraction of sp³-hybridized carbons (Fsp3) is 0.500. The van der Waals surface area contributed by atoms with E-state index in [2.05, 4.69) is 4.98 Å². The SMILES string of the molecule is CCCC(O)COc1cc(Cl)ccn1. The van der Waals surface area contributed by atoms with E-state index >= 15 is 0 Å². The summed E-state index contributed by atoms with van der Waals surface area (Å²) in [6.45, 7) is 2.28. The number of halogens is 1. The topological polar surface area (TPSA) is 42.4 Å². The average Bonchev–Trinajstić information content (AvgIpc) is 2.15. The molecule has 0 radical (unpaired) electrons. The summed E-state index contributed by atoms with van der Waals surface area (Å²) in [6, 6.07) is 3.30. The van der Waals surface area contributed by atoms with Gasteiger partial charge in [0.05, 0.1) is 6.10 Å². The number of ether oxygens (including phenoxy) is 1. The molecule has 0 aliphatic carbocycles.